The Morgan fingerprint density at radius 2 is 2.25 bits per heavy atom. The number of aryl methyl sites for hydroxylation is 1. The van der Waals surface area contributed by atoms with Gasteiger partial charge in [-0.05, 0) is 19.1 Å². The molecule has 2 rings (SSSR count). The van der Waals surface area contributed by atoms with Crippen LogP contribution in [-0.4, -0.2) is 49.8 Å². The average Bonchev–Trinajstić information content (AvgIpc) is 2.80. The van der Waals surface area contributed by atoms with Gasteiger partial charge in [0.15, 0.2) is 5.65 Å². The summed E-state index contributed by atoms with van der Waals surface area (Å²) >= 11 is 0. The van der Waals surface area contributed by atoms with E-state index in [-0.39, 0.29) is 37.2 Å². The predicted molar refractivity (Wildman–Crippen MR) is 73.4 cm³/mol. The third kappa shape index (κ3) is 2.72. The van der Waals surface area contributed by atoms with Gasteiger partial charge in [-0.3, -0.25) is 9.20 Å². The Morgan fingerprint density at radius 3 is 2.90 bits per heavy atom. The van der Waals surface area contributed by atoms with Crippen molar-refractivity contribution in [3.63, 3.8) is 0 Å². The minimum Gasteiger partial charge on any atom is -0.394 e. The maximum atomic E-state index is 12.0. The Kier molecular flexibility index (Phi) is 4.19. The molecule has 7 heteroatoms. The minimum atomic E-state index is -0.258. The van der Waals surface area contributed by atoms with E-state index < -0.39 is 0 Å². The summed E-state index contributed by atoms with van der Waals surface area (Å²) in [5, 5.41) is 13.2. The topological polar surface area (TPSA) is 79.8 Å². The summed E-state index contributed by atoms with van der Waals surface area (Å²) in [6.45, 7) is 1.90. The highest BCUT2D eigenvalue weighted by atomic mass is 16.3. The summed E-state index contributed by atoms with van der Waals surface area (Å²) in [7, 11) is 1.63. The number of fused-ring (bicyclic) bond motifs is 1. The number of pyridine rings is 1. The Labute approximate surface area is 116 Å². The van der Waals surface area contributed by atoms with Crippen LogP contribution >= 0.6 is 0 Å². The van der Waals surface area contributed by atoms with Gasteiger partial charge in [-0.25, -0.2) is 9.48 Å². The first-order chi connectivity index (χ1) is 9.54. The molecule has 108 valence electrons. The first-order valence-electron chi connectivity index (χ1n) is 6.45. The van der Waals surface area contributed by atoms with Crippen LogP contribution < -0.4 is 5.69 Å². The minimum absolute atomic E-state index is 0.0868. The largest absolute Gasteiger partial charge is 0.394 e. The Bertz CT molecular complexity index is 661. The van der Waals surface area contributed by atoms with Crippen LogP contribution in [0, 0.1) is 0 Å². The SMILES string of the molecule is CC(CO)N(C)C(=O)CCn1nc2ccccn2c1=O. The third-order valence-electron chi connectivity index (χ3n) is 3.34. The number of amides is 1. The standard InChI is InChI=1S/C13H18N4O3/c1-10(9-18)15(2)12(19)6-8-17-13(20)16-7-4-3-5-11(16)14-17/h3-5,7,10,18H,6,8-9H2,1-2H3. The molecule has 0 saturated heterocycles. The second kappa shape index (κ2) is 5.87. The highest BCUT2D eigenvalue weighted by Crippen LogP contribution is 2.00. The molecule has 0 spiro atoms. The van der Waals surface area contributed by atoms with Crippen LogP contribution in [0.1, 0.15) is 13.3 Å². The monoisotopic (exact) mass is 278 g/mol. The molecular weight excluding hydrogens is 260 g/mol. The molecule has 0 fully saturated rings. The van der Waals surface area contributed by atoms with Crippen molar-refractivity contribution in [2.45, 2.75) is 25.9 Å². The molecule has 7 nitrogen and oxygen atoms in total. The molecule has 0 aliphatic heterocycles. The zero-order valence-corrected chi connectivity index (χ0v) is 11.6. The highest BCUT2D eigenvalue weighted by molar-refractivity contribution is 5.76. The normalized spacial score (nSPS) is 12.6. The smallest absolute Gasteiger partial charge is 0.350 e. The fourth-order valence-electron chi connectivity index (χ4n) is 1.86. The summed E-state index contributed by atoms with van der Waals surface area (Å²) in [4.78, 5) is 25.4. The van der Waals surface area contributed by atoms with Crippen molar-refractivity contribution in [1.82, 2.24) is 19.1 Å². The van der Waals surface area contributed by atoms with E-state index in [2.05, 4.69) is 5.10 Å². The second-order valence-electron chi connectivity index (χ2n) is 4.72. The van der Waals surface area contributed by atoms with Gasteiger partial charge in [-0.1, -0.05) is 6.07 Å². The fraction of sp³-hybridized carbons (Fsp3) is 0.462. The number of carbonyl (C=O) groups excluding carboxylic acids is 1. The fourth-order valence-corrected chi connectivity index (χ4v) is 1.86. The lowest BCUT2D eigenvalue weighted by Crippen LogP contribution is -2.38. The Morgan fingerprint density at radius 1 is 1.50 bits per heavy atom. The van der Waals surface area contributed by atoms with Crippen LogP contribution in [-0.2, 0) is 11.3 Å². The molecule has 0 radical (unpaired) electrons. The summed E-state index contributed by atoms with van der Waals surface area (Å²) in [6.07, 6.45) is 1.81. The average molecular weight is 278 g/mol. The summed E-state index contributed by atoms with van der Waals surface area (Å²) in [6, 6.07) is 5.05. The van der Waals surface area contributed by atoms with Crippen molar-refractivity contribution in [2.24, 2.45) is 0 Å². The zero-order valence-electron chi connectivity index (χ0n) is 11.6. The van der Waals surface area contributed by atoms with E-state index in [4.69, 9.17) is 5.11 Å². The van der Waals surface area contributed by atoms with E-state index in [0.717, 1.165) is 0 Å². The van der Waals surface area contributed by atoms with Gasteiger partial charge in [0.2, 0.25) is 5.91 Å². The molecule has 0 saturated carbocycles. The van der Waals surface area contributed by atoms with Crippen LogP contribution in [0.25, 0.3) is 5.65 Å². The van der Waals surface area contributed by atoms with Gasteiger partial charge in [0.05, 0.1) is 19.2 Å². The van der Waals surface area contributed by atoms with Gasteiger partial charge < -0.3 is 10.0 Å². The molecule has 0 aliphatic rings. The Hall–Kier alpha value is -2.15. The molecule has 2 aromatic heterocycles. The number of rotatable bonds is 5. The lowest BCUT2D eigenvalue weighted by molar-refractivity contribution is -0.132. The lowest BCUT2D eigenvalue weighted by atomic mass is 10.3. The van der Waals surface area contributed by atoms with Crippen LogP contribution in [0.5, 0.6) is 0 Å². The molecule has 2 aromatic rings. The number of nitrogens with zero attached hydrogens (tertiary/aromatic N) is 4. The van der Waals surface area contributed by atoms with E-state index in [9.17, 15) is 9.59 Å². The number of aliphatic hydroxyl groups excluding tert-OH is 1. The van der Waals surface area contributed by atoms with E-state index in [0.29, 0.717) is 5.65 Å². The molecule has 0 bridgehead atoms. The molecule has 1 N–H and O–H groups in total. The van der Waals surface area contributed by atoms with Gasteiger partial charge in [-0.15, -0.1) is 5.10 Å². The zero-order chi connectivity index (χ0) is 14.7. The summed E-state index contributed by atoms with van der Waals surface area (Å²) in [5.74, 6) is -0.129. The number of hydrogen-bond donors (Lipinski definition) is 1. The lowest BCUT2D eigenvalue weighted by Gasteiger charge is -2.22. The molecular formula is C13H18N4O3. The van der Waals surface area contributed by atoms with Crippen LogP contribution in [0.2, 0.25) is 0 Å². The maximum Gasteiger partial charge on any atom is 0.350 e. The van der Waals surface area contributed by atoms with Crippen LogP contribution in [0.3, 0.4) is 0 Å². The second-order valence-corrected chi connectivity index (χ2v) is 4.72. The van der Waals surface area contributed by atoms with Crippen LogP contribution in [0.15, 0.2) is 29.2 Å². The number of aliphatic hydroxyl groups is 1. The first kappa shape index (κ1) is 14.3. The van der Waals surface area contributed by atoms with Gasteiger partial charge in [0, 0.05) is 19.7 Å². The highest BCUT2D eigenvalue weighted by Gasteiger charge is 2.15. The number of aromatic nitrogens is 3. The van der Waals surface area contributed by atoms with Crippen molar-refractivity contribution >= 4 is 11.6 Å². The van der Waals surface area contributed by atoms with E-state index in [1.165, 1.54) is 14.0 Å². The van der Waals surface area contributed by atoms with Crippen molar-refractivity contribution in [3.8, 4) is 0 Å². The van der Waals surface area contributed by atoms with E-state index in [1.807, 2.05) is 0 Å². The number of hydrogen-bond acceptors (Lipinski definition) is 4. The van der Waals surface area contributed by atoms with Gasteiger partial charge in [0.1, 0.15) is 0 Å². The van der Waals surface area contributed by atoms with Crippen molar-refractivity contribution in [3.05, 3.63) is 34.9 Å². The molecule has 20 heavy (non-hydrogen) atoms. The van der Waals surface area contributed by atoms with Crippen molar-refractivity contribution in [1.29, 1.82) is 0 Å². The van der Waals surface area contributed by atoms with Crippen molar-refractivity contribution in [2.75, 3.05) is 13.7 Å². The van der Waals surface area contributed by atoms with Gasteiger partial charge in [-0.2, -0.15) is 0 Å². The van der Waals surface area contributed by atoms with Gasteiger partial charge >= 0.3 is 5.69 Å². The third-order valence-corrected chi connectivity index (χ3v) is 3.34. The Balaban J connectivity index is 2.08. The van der Waals surface area contributed by atoms with E-state index in [1.54, 1.807) is 38.4 Å². The quantitative estimate of drug-likeness (QED) is 0.816. The summed E-state index contributed by atoms with van der Waals surface area (Å²) < 4.78 is 2.72. The number of carbonyl (C=O) groups is 1. The van der Waals surface area contributed by atoms with Gasteiger partial charge in [0.25, 0.3) is 0 Å². The van der Waals surface area contributed by atoms with Crippen molar-refractivity contribution < 1.29 is 9.90 Å². The molecule has 1 unspecified atom stereocenters. The molecule has 1 atom stereocenters. The summed E-state index contributed by atoms with van der Waals surface area (Å²) in [5.41, 5.74) is 0.299. The maximum absolute atomic E-state index is 12.0. The first-order valence-corrected chi connectivity index (χ1v) is 6.45. The molecule has 1 amide bonds. The predicted octanol–water partition coefficient (Wildman–Crippen LogP) is -0.275. The molecule has 2 heterocycles. The van der Waals surface area contributed by atoms with E-state index >= 15 is 0 Å². The van der Waals surface area contributed by atoms with Crippen LogP contribution in [0.4, 0.5) is 0 Å². The molecule has 0 aliphatic carbocycles. The molecule has 0 aromatic carbocycles. The number of likely N-dealkylation sites (N-methyl/N-ethyl adjacent to an activating group) is 1.